The molecule has 1 aliphatic heterocycles. The maximum Gasteiger partial charge on any atom is 0.308 e. The molecular formula is C25H31NO3. The molecule has 29 heavy (non-hydrogen) atoms. The molecule has 0 aliphatic carbocycles. The van der Waals surface area contributed by atoms with Crippen molar-refractivity contribution in [1.29, 1.82) is 0 Å². The summed E-state index contributed by atoms with van der Waals surface area (Å²) in [7, 11) is 0. The lowest BCUT2D eigenvalue weighted by molar-refractivity contribution is -0.132. The normalized spacial score (nSPS) is 19.1. The molecule has 2 aromatic rings. The van der Waals surface area contributed by atoms with Crippen LogP contribution in [0, 0.1) is 20.8 Å². The number of fused-ring (bicyclic) bond motifs is 1. The molecule has 0 spiro atoms. The molecule has 1 heterocycles. The van der Waals surface area contributed by atoms with Gasteiger partial charge in [0.25, 0.3) is 0 Å². The molecule has 1 aliphatic rings. The highest BCUT2D eigenvalue weighted by atomic mass is 16.5. The Hall–Kier alpha value is -2.59. The van der Waals surface area contributed by atoms with Crippen LogP contribution < -0.4 is 14.8 Å². The fourth-order valence-corrected chi connectivity index (χ4v) is 4.29. The molecule has 154 valence electrons. The quantitative estimate of drug-likeness (QED) is 0.419. The summed E-state index contributed by atoms with van der Waals surface area (Å²) in [5.41, 5.74) is 4.90. The van der Waals surface area contributed by atoms with Crippen LogP contribution in [0.4, 0.5) is 0 Å². The number of benzene rings is 2. The Morgan fingerprint density at radius 2 is 1.93 bits per heavy atom. The molecule has 0 fully saturated rings. The summed E-state index contributed by atoms with van der Waals surface area (Å²) in [5, 5.41) is 3.60. The molecule has 2 unspecified atom stereocenters. The Bertz CT molecular complexity index is 920. The summed E-state index contributed by atoms with van der Waals surface area (Å²) in [4.78, 5) is 11.6. The lowest BCUT2D eigenvalue weighted by Crippen LogP contribution is -2.48. The van der Waals surface area contributed by atoms with E-state index in [1.54, 1.807) is 0 Å². The van der Waals surface area contributed by atoms with Gasteiger partial charge in [0.2, 0.25) is 0 Å². The Balaban J connectivity index is 2.04. The first kappa shape index (κ1) is 21.1. The SMILES string of the molecule is C=CCNC(c1ccccc1)C1(C)CCc2c(C)c(OC(C)=O)c(C)c(C)c2O1. The number of ether oxygens (including phenoxy) is 2. The monoisotopic (exact) mass is 393 g/mol. The van der Waals surface area contributed by atoms with Crippen LogP contribution in [0.1, 0.15) is 54.1 Å². The molecule has 0 saturated carbocycles. The summed E-state index contributed by atoms with van der Waals surface area (Å²) in [6.45, 7) is 14.2. The van der Waals surface area contributed by atoms with Crippen molar-refractivity contribution in [2.75, 3.05) is 6.54 Å². The number of esters is 1. The van der Waals surface area contributed by atoms with Crippen molar-refractivity contribution < 1.29 is 14.3 Å². The van der Waals surface area contributed by atoms with Crippen molar-refractivity contribution in [2.24, 2.45) is 0 Å². The first-order chi connectivity index (χ1) is 13.8. The number of hydrogen-bond donors (Lipinski definition) is 1. The standard InChI is InChI=1S/C25H31NO3/c1-7-15-26-24(20-11-9-8-10-12-20)25(6)14-13-21-18(4)22(28-19(5)27)16(2)17(3)23(21)29-25/h7-12,24,26H,1,13-15H2,2-6H3. The van der Waals surface area contributed by atoms with E-state index in [4.69, 9.17) is 9.47 Å². The minimum atomic E-state index is -0.413. The minimum absolute atomic E-state index is 0.0306. The number of carbonyl (C=O) groups is 1. The lowest BCUT2D eigenvalue weighted by atomic mass is 9.81. The second-order valence-electron chi connectivity index (χ2n) is 8.06. The predicted molar refractivity (Wildman–Crippen MR) is 117 cm³/mol. The number of hydrogen-bond acceptors (Lipinski definition) is 4. The molecule has 0 saturated heterocycles. The molecule has 1 N–H and O–H groups in total. The third-order valence-electron chi connectivity index (χ3n) is 5.97. The highest BCUT2D eigenvalue weighted by molar-refractivity contribution is 5.72. The number of nitrogens with one attached hydrogen (secondary N) is 1. The Morgan fingerprint density at radius 1 is 1.24 bits per heavy atom. The van der Waals surface area contributed by atoms with Crippen molar-refractivity contribution in [3.8, 4) is 11.5 Å². The smallest absolute Gasteiger partial charge is 0.308 e. The fourth-order valence-electron chi connectivity index (χ4n) is 4.29. The van der Waals surface area contributed by atoms with Gasteiger partial charge in [0.15, 0.2) is 0 Å². The summed E-state index contributed by atoms with van der Waals surface area (Å²) >= 11 is 0. The van der Waals surface area contributed by atoms with Gasteiger partial charge >= 0.3 is 5.97 Å². The largest absolute Gasteiger partial charge is 0.485 e. The average molecular weight is 394 g/mol. The van der Waals surface area contributed by atoms with Crippen LogP contribution in [0.15, 0.2) is 43.0 Å². The summed E-state index contributed by atoms with van der Waals surface area (Å²) < 4.78 is 12.3. The zero-order chi connectivity index (χ0) is 21.2. The van der Waals surface area contributed by atoms with Gasteiger partial charge in [-0.1, -0.05) is 36.4 Å². The van der Waals surface area contributed by atoms with Crippen LogP contribution in [0.5, 0.6) is 11.5 Å². The van der Waals surface area contributed by atoms with E-state index in [1.165, 1.54) is 12.5 Å². The number of carbonyl (C=O) groups excluding carboxylic acids is 1. The van der Waals surface area contributed by atoms with Gasteiger partial charge in [-0.05, 0) is 62.8 Å². The van der Waals surface area contributed by atoms with Crippen molar-refractivity contribution in [3.05, 3.63) is 70.8 Å². The maximum atomic E-state index is 11.6. The van der Waals surface area contributed by atoms with Crippen molar-refractivity contribution in [2.45, 2.75) is 59.1 Å². The summed E-state index contributed by atoms with van der Waals surface area (Å²) in [6, 6.07) is 10.5. The first-order valence-electron chi connectivity index (χ1n) is 10.2. The van der Waals surface area contributed by atoms with E-state index in [-0.39, 0.29) is 12.0 Å². The van der Waals surface area contributed by atoms with E-state index >= 15 is 0 Å². The summed E-state index contributed by atoms with van der Waals surface area (Å²) in [5.74, 6) is 1.30. The highest BCUT2D eigenvalue weighted by Crippen LogP contribution is 2.46. The van der Waals surface area contributed by atoms with Gasteiger partial charge in [0.1, 0.15) is 17.1 Å². The van der Waals surface area contributed by atoms with Crippen LogP contribution in [-0.2, 0) is 11.2 Å². The van der Waals surface area contributed by atoms with E-state index in [9.17, 15) is 4.79 Å². The fraction of sp³-hybridized carbons (Fsp3) is 0.400. The molecule has 0 aromatic heterocycles. The van der Waals surface area contributed by atoms with Crippen molar-refractivity contribution in [1.82, 2.24) is 5.32 Å². The van der Waals surface area contributed by atoms with Gasteiger partial charge in [0, 0.05) is 19.0 Å². The maximum absolute atomic E-state index is 11.6. The molecule has 4 nitrogen and oxygen atoms in total. The average Bonchev–Trinajstić information content (AvgIpc) is 2.70. The van der Waals surface area contributed by atoms with Gasteiger partial charge in [-0.25, -0.2) is 0 Å². The molecule has 3 rings (SSSR count). The number of rotatable bonds is 6. The third kappa shape index (κ3) is 4.08. The predicted octanol–water partition coefficient (Wildman–Crippen LogP) is 5.14. The van der Waals surface area contributed by atoms with Crippen LogP contribution in [0.3, 0.4) is 0 Å². The highest BCUT2D eigenvalue weighted by Gasteiger charge is 2.41. The zero-order valence-electron chi connectivity index (χ0n) is 18.1. The third-order valence-corrected chi connectivity index (χ3v) is 5.97. The van der Waals surface area contributed by atoms with Gasteiger partial charge < -0.3 is 14.8 Å². The second kappa shape index (κ2) is 8.42. The van der Waals surface area contributed by atoms with Gasteiger partial charge in [-0.15, -0.1) is 6.58 Å². The minimum Gasteiger partial charge on any atom is -0.485 e. The molecule has 0 bridgehead atoms. The van der Waals surface area contributed by atoms with E-state index < -0.39 is 5.60 Å². The molecule has 2 atom stereocenters. The van der Waals surface area contributed by atoms with Crippen LogP contribution in [0.2, 0.25) is 0 Å². The van der Waals surface area contributed by atoms with E-state index in [1.807, 2.05) is 32.9 Å². The van der Waals surface area contributed by atoms with Crippen LogP contribution >= 0.6 is 0 Å². The van der Waals surface area contributed by atoms with Crippen LogP contribution in [0.25, 0.3) is 0 Å². The Labute approximate surface area is 173 Å². The summed E-state index contributed by atoms with van der Waals surface area (Å²) in [6.07, 6.45) is 3.60. The first-order valence-corrected chi connectivity index (χ1v) is 10.2. The molecule has 4 heteroatoms. The molecular weight excluding hydrogens is 362 g/mol. The van der Waals surface area contributed by atoms with Crippen molar-refractivity contribution >= 4 is 5.97 Å². The Morgan fingerprint density at radius 3 is 2.55 bits per heavy atom. The Kier molecular flexibility index (Phi) is 6.13. The van der Waals surface area contributed by atoms with Crippen LogP contribution in [-0.4, -0.2) is 18.1 Å². The topological polar surface area (TPSA) is 47.6 Å². The second-order valence-corrected chi connectivity index (χ2v) is 8.06. The van der Waals surface area contributed by atoms with Crippen molar-refractivity contribution in [3.63, 3.8) is 0 Å². The van der Waals surface area contributed by atoms with E-state index in [2.05, 4.69) is 43.1 Å². The molecule has 0 amide bonds. The molecule has 2 aromatic carbocycles. The zero-order valence-corrected chi connectivity index (χ0v) is 18.1. The van der Waals surface area contributed by atoms with Gasteiger partial charge in [0.05, 0.1) is 6.04 Å². The van der Waals surface area contributed by atoms with E-state index in [0.717, 1.165) is 40.8 Å². The van der Waals surface area contributed by atoms with E-state index in [0.29, 0.717) is 12.3 Å². The molecule has 0 radical (unpaired) electrons. The van der Waals surface area contributed by atoms with Gasteiger partial charge in [-0.2, -0.15) is 0 Å². The lowest BCUT2D eigenvalue weighted by Gasteiger charge is -2.43. The van der Waals surface area contributed by atoms with Gasteiger partial charge in [-0.3, -0.25) is 4.79 Å².